The normalized spacial score (nSPS) is 10.1. The monoisotopic (exact) mass is 291 g/mol. The molecule has 0 radical (unpaired) electrons. The number of esters is 1. The fourth-order valence-corrected chi connectivity index (χ4v) is 1.93. The summed E-state index contributed by atoms with van der Waals surface area (Å²) in [5, 5.41) is 12.8. The highest BCUT2D eigenvalue weighted by molar-refractivity contribution is 6.31. The van der Waals surface area contributed by atoms with Gasteiger partial charge in [0.05, 0.1) is 12.7 Å². The number of phenolic OH excluding ortho intramolecular Hbond substituents is 1. The van der Waals surface area contributed by atoms with Crippen molar-refractivity contribution in [1.82, 2.24) is 0 Å². The minimum atomic E-state index is -0.444. The molecule has 104 valence electrons. The van der Waals surface area contributed by atoms with Gasteiger partial charge in [-0.15, -0.1) is 0 Å². The molecule has 0 unspecified atom stereocenters. The molecule has 0 aliphatic heterocycles. The summed E-state index contributed by atoms with van der Waals surface area (Å²) in [6, 6.07) is 11.8. The lowest BCUT2D eigenvalue weighted by Crippen LogP contribution is -2.08. The number of aromatic hydroxyl groups is 1. The Morgan fingerprint density at radius 2 is 1.95 bits per heavy atom. The molecule has 2 aromatic carbocycles. The second kappa shape index (κ2) is 6.30. The third-order valence-electron chi connectivity index (χ3n) is 2.81. The smallest absolute Gasteiger partial charge is 0.340 e. The van der Waals surface area contributed by atoms with E-state index >= 15 is 0 Å². The zero-order valence-electron chi connectivity index (χ0n) is 10.9. The molecule has 0 heterocycles. The Bertz CT molecular complexity index is 611. The first-order valence-electron chi connectivity index (χ1n) is 6.00. The minimum Gasteiger partial charge on any atom is -0.508 e. The molecular formula is C15H14ClNO3. The van der Waals surface area contributed by atoms with Crippen LogP contribution in [0.4, 0.5) is 5.69 Å². The van der Waals surface area contributed by atoms with Crippen molar-refractivity contribution >= 4 is 23.3 Å². The molecule has 0 aromatic heterocycles. The summed E-state index contributed by atoms with van der Waals surface area (Å²) in [7, 11) is 1.33. The van der Waals surface area contributed by atoms with Crippen LogP contribution in [0.2, 0.25) is 5.02 Å². The average molecular weight is 292 g/mol. The number of carbonyl (C=O) groups is 1. The number of hydrogen-bond acceptors (Lipinski definition) is 4. The number of nitrogens with one attached hydrogen (secondary N) is 1. The molecule has 2 aromatic rings. The van der Waals surface area contributed by atoms with Crippen molar-refractivity contribution in [2.24, 2.45) is 0 Å². The van der Waals surface area contributed by atoms with E-state index in [0.717, 1.165) is 5.56 Å². The molecule has 4 nitrogen and oxygen atoms in total. The predicted molar refractivity (Wildman–Crippen MR) is 78.2 cm³/mol. The van der Waals surface area contributed by atoms with Crippen molar-refractivity contribution in [1.29, 1.82) is 0 Å². The Labute approximate surface area is 122 Å². The standard InChI is InChI=1S/C15H14ClNO3/c1-20-15(19)13-8-11(16)4-7-14(13)17-9-10-2-5-12(18)6-3-10/h2-8,17-18H,9H2,1H3. The van der Waals surface area contributed by atoms with Crippen LogP contribution >= 0.6 is 11.6 Å². The second-order valence-corrected chi connectivity index (χ2v) is 4.64. The van der Waals surface area contributed by atoms with E-state index in [0.29, 0.717) is 22.8 Å². The van der Waals surface area contributed by atoms with Crippen molar-refractivity contribution in [3.63, 3.8) is 0 Å². The van der Waals surface area contributed by atoms with E-state index < -0.39 is 5.97 Å². The number of carbonyl (C=O) groups excluding carboxylic acids is 1. The fourth-order valence-electron chi connectivity index (χ4n) is 1.76. The average Bonchev–Trinajstić information content (AvgIpc) is 2.46. The highest BCUT2D eigenvalue weighted by atomic mass is 35.5. The van der Waals surface area contributed by atoms with E-state index in [-0.39, 0.29) is 5.75 Å². The van der Waals surface area contributed by atoms with Gasteiger partial charge in [-0.25, -0.2) is 4.79 Å². The maximum Gasteiger partial charge on any atom is 0.340 e. The van der Waals surface area contributed by atoms with Crippen LogP contribution in [-0.4, -0.2) is 18.2 Å². The molecule has 0 saturated heterocycles. The first-order valence-corrected chi connectivity index (χ1v) is 6.37. The highest BCUT2D eigenvalue weighted by Gasteiger charge is 2.12. The lowest BCUT2D eigenvalue weighted by molar-refractivity contribution is 0.0602. The Morgan fingerprint density at radius 3 is 2.60 bits per heavy atom. The van der Waals surface area contributed by atoms with Crippen molar-refractivity contribution < 1.29 is 14.6 Å². The van der Waals surface area contributed by atoms with Gasteiger partial charge in [-0.1, -0.05) is 23.7 Å². The van der Waals surface area contributed by atoms with Gasteiger partial charge < -0.3 is 15.2 Å². The Morgan fingerprint density at radius 1 is 1.25 bits per heavy atom. The van der Waals surface area contributed by atoms with Crippen molar-refractivity contribution in [3.8, 4) is 5.75 Å². The molecule has 0 aliphatic rings. The van der Waals surface area contributed by atoms with E-state index in [1.807, 2.05) is 0 Å². The first-order chi connectivity index (χ1) is 9.60. The third-order valence-corrected chi connectivity index (χ3v) is 3.04. The number of anilines is 1. The number of phenols is 1. The molecule has 0 bridgehead atoms. The molecule has 0 atom stereocenters. The summed E-state index contributed by atoms with van der Waals surface area (Å²) in [5.74, 6) is -0.226. The van der Waals surface area contributed by atoms with Crippen LogP contribution in [0.15, 0.2) is 42.5 Å². The van der Waals surface area contributed by atoms with E-state index in [1.54, 1.807) is 42.5 Å². The van der Waals surface area contributed by atoms with Gasteiger partial charge in [-0.3, -0.25) is 0 Å². The van der Waals surface area contributed by atoms with Crippen LogP contribution in [0.1, 0.15) is 15.9 Å². The van der Waals surface area contributed by atoms with Gasteiger partial charge in [-0.05, 0) is 35.9 Å². The van der Waals surface area contributed by atoms with E-state index in [1.165, 1.54) is 7.11 Å². The molecule has 0 spiro atoms. The van der Waals surface area contributed by atoms with Crippen LogP contribution in [0.3, 0.4) is 0 Å². The van der Waals surface area contributed by atoms with Crippen molar-refractivity contribution in [2.45, 2.75) is 6.54 Å². The summed E-state index contributed by atoms with van der Waals surface area (Å²) in [4.78, 5) is 11.7. The number of hydrogen-bond donors (Lipinski definition) is 2. The Kier molecular flexibility index (Phi) is 4.48. The lowest BCUT2D eigenvalue weighted by atomic mass is 10.1. The van der Waals surface area contributed by atoms with E-state index in [2.05, 4.69) is 5.32 Å². The van der Waals surface area contributed by atoms with Crippen LogP contribution in [0.5, 0.6) is 5.75 Å². The van der Waals surface area contributed by atoms with Crippen molar-refractivity contribution in [3.05, 3.63) is 58.6 Å². The van der Waals surface area contributed by atoms with Gasteiger partial charge in [0.2, 0.25) is 0 Å². The molecule has 2 N–H and O–H groups in total. The molecule has 0 fully saturated rings. The summed E-state index contributed by atoms with van der Waals surface area (Å²) in [6.07, 6.45) is 0. The van der Waals surface area contributed by atoms with E-state index in [4.69, 9.17) is 16.3 Å². The quantitative estimate of drug-likeness (QED) is 0.847. The predicted octanol–water partition coefficient (Wildman–Crippen LogP) is 3.44. The molecule has 20 heavy (non-hydrogen) atoms. The van der Waals surface area contributed by atoms with Gasteiger partial charge in [0.15, 0.2) is 0 Å². The maximum absolute atomic E-state index is 11.7. The topological polar surface area (TPSA) is 58.6 Å². The Balaban J connectivity index is 2.16. The number of rotatable bonds is 4. The van der Waals surface area contributed by atoms with E-state index in [9.17, 15) is 9.90 Å². The molecular weight excluding hydrogens is 278 g/mol. The fraction of sp³-hybridized carbons (Fsp3) is 0.133. The zero-order valence-corrected chi connectivity index (χ0v) is 11.6. The number of halogens is 1. The highest BCUT2D eigenvalue weighted by Crippen LogP contribution is 2.22. The van der Waals surface area contributed by atoms with Gasteiger partial charge in [0, 0.05) is 17.3 Å². The second-order valence-electron chi connectivity index (χ2n) is 4.20. The Hall–Kier alpha value is -2.20. The largest absolute Gasteiger partial charge is 0.508 e. The minimum absolute atomic E-state index is 0.218. The van der Waals surface area contributed by atoms with Crippen molar-refractivity contribution in [2.75, 3.05) is 12.4 Å². The summed E-state index contributed by atoms with van der Waals surface area (Å²) in [5.41, 5.74) is 2.02. The number of ether oxygens (including phenoxy) is 1. The van der Waals surface area contributed by atoms with Crippen LogP contribution < -0.4 is 5.32 Å². The number of benzene rings is 2. The zero-order chi connectivity index (χ0) is 14.5. The van der Waals surface area contributed by atoms with Gasteiger partial charge in [0.25, 0.3) is 0 Å². The first kappa shape index (κ1) is 14.2. The summed E-state index contributed by atoms with van der Waals surface area (Å²) in [6.45, 7) is 0.520. The summed E-state index contributed by atoms with van der Waals surface area (Å²) >= 11 is 5.89. The SMILES string of the molecule is COC(=O)c1cc(Cl)ccc1NCc1ccc(O)cc1. The lowest BCUT2D eigenvalue weighted by Gasteiger charge is -2.11. The van der Waals surface area contributed by atoms with Crippen LogP contribution in [0, 0.1) is 0 Å². The van der Waals surface area contributed by atoms with Gasteiger partial charge in [0.1, 0.15) is 5.75 Å². The molecule has 0 aliphatic carbocycles. The maximum atomic E-state index is 11.7. The van der Waals surface area contributed by atoms with Gasteiger partial charge >= 0.3 is 5.97 Å². The van der Waals surface area contributed by atoms with Crippen LogP contribution in [-0.2, 0) is 11.3 Å². The molecule has 5 heteroatoms. The summed E-state index contributed by atoms with van der Waals surface area (Å²) < 4.78 is 4.73. The van der Waals surface area contributed by atoms with Crippen LogP contribution in [0.25, 0.3) is 0 Å². The molecule has 0 saturated carbocycles. The third kappa shape index (κ3) is 3.42. The number of methoxy groups -OCH3 is 1. The molecule has 2 rings (SSSR count). The van der Waals surface area contributed by atoms with Gasteiger partial charge in [-0.2, -0.15) is 0 Å². The molecule has 0 amide bonds.